The number of benzene rings is 2. The molecule has 0 aromatic heterocycles. The third-order valence-electron chi connectivity index (χ3n) is 2.95. The predicted octanol–water partition coefficient (Wildman–Crippen LogP) is 4.30. The first-order chi connectivity index (χ1) is 11.0. The third kappa shape index (κ3) is 5.01. The summed E-state index contributed by atoms with van der Waals surface area (Å²) in [6, 6.07) is 12.3. The van der Waals surface area contributed by atoms with Gasteiger partial charge >= 0.3 is 11.9 Å². The van der Waals surface area contributed by atoms with E-state index in [0.29, 0.717) is 17.2 Å². The van der Waals surface area contributed by atoms with E-state index in [4.69, 9.17) is 21.4 Å². The van der Waals surface area contributed by atoms with Crippen LogP contribution in [0.25, 0.3) is 0 Å². The summed E-state index contributed by atoms with van der Waals surface area (Å²) < 4.78 is 4.93. The highest BCUT2D eigenvalue weighted by molar-refractivity contribution is 7.99. The minimum absolute atomic E-state index is 0.0000596. The Morgan fingerprint density at radius 1 is 1.17 bits per heavy atom. The van der Waals surface area contributed by atoms with Crippen molar-refractivity contribution in [2.45, 2.75) is 23.1 Å². The lowest BCUT2D eigenvalue weighted by Gasteiger charge is -2.07. The molecule has 0 unspecified atom stereocenters. The van der Waals surface area contributed by atoms with Crippen molar-refractivity contribution in [2.24, 2.45) is 0 Å². The molecular weight excluding hydrogens is 336 g/mol. The van der Waals surface area contributed by atoms with E-state index in [1.807, 2.05) is 12.1 Å². The molecule has 0 aliphatic rings. The number of rotatable bonds is 6. The monoisotopic (exact) mass is 350 g/mol. The molecule has 2 aromatic carbocycles. The van der Waals surface area contributed by atoms with Gasteiger partial charge in [-0.05, 0) is 42.8 Å². The van der Waals surface area contributed by atoms with Crippen LogP contribution in [0.4, 0.5) is 0 Å². The van der Waals surface area contributed by atoms with Gasteiger partial charge in [-0.25, -0.2) is 4.79 Å². The summed E-state index contributed by atoms with van der Waals surface area (Å²) in [6.45, 7) is 2.06. The number of carbonyl (C=O) groups is 2. The lowest BCUT2D eigenvalue weighted by molar-refractivity contribution is -0.136. The van der Waals surface area contributed by atoms with Crippen LogP contribution in [0.1, 0.15) is 22.8 Å². The van der Waals surface area contributed by atoms with Crippen molar-refractivity contribution in [1.29, 1.82) is 0 Å². The standard InChI is InChI=1S/C17H15ClO4S/c1-2-22-17(21)12-5-8-15(14(18)10-12)23-13-6-3-11(4-7-13)9-16(19)20/h3-8,10H,2,9H2,1H3,(H,19,20). The maximum absolute atomic E-state index is 11.7. The van der Waals surface area contributed by atoms with Crippen molar-refractivity contribution < 1.29 is 19.4 Å². The highest BCUT2D eigenvalue weighted by atomic mass is 35.5. The molecule has 23 heavy (non-hydrogen) atoms. The smallest absolute Gasteiger partial charge is 0.338 e. The van der Waals surface area contributed by atoms with Gasteiger partial charge in [0.25, 0.3) is 0 Å². The molecule has 0 spiro atoms. The number of carboxylic acids is 1. The quantitative estimate of drug-likeness (QED) is 0.787. The number of carboxylic acid groups (broad SMARTS) is 1. The van der Waals surface area contributed by atoms with Gasteiger partial charge in [-0.1, -0.05) is 35.5 Å². The van der Waals surface area contributed by atoms with Gasteiger partial charge in [0.1, 0.15) is 0 Å². The molecule has 6 heteroatoms. The zero-order valence-corrected chi connectivity index (χ0v) is 14.0. The Hall–Kier alpha value is -1.98. The predicted molar refractivity (Wildman–Crippen MR) is 89.3 cm³/mol. The molecule has 0 saturated carbocycles. The molecule has 0 saturated heterocycles. The van der Waals surface area contributed by atoms with E-state index in [0.717, 1.165) is 15.4 Å². The normalized spacial score (nSPS) is 10.3. The van der Waals surface area contributed by atoms with E-state index in [9.17, 15) is 9.59 Å². The van der Waals surface area contributed by atoms with Crippen molar-refractivity contribution in [3.8, 4) is 0 Å². The Morgan fingerprint density at radius 2 is 1.87 bits per heavy atom. The van der Waals surface area contributed by atoms with Crippen LogP contribution in [0.2, 0.25) is 5.02 Å². The Balaban J connectivity index is 2.11. The Bertz CT molecular complexity index is 713. The molecule has 0 aliphatic carbocycles. The molecule has 0 amide bonds. The first-order valence-corrected chi connectivity index (χ1v) is 8.14. The fourth-order valence-electron chi connectivity index (χ4n) is 1.90. The number of esters is 1. The van der Waals surface area contributed by atoms with Crippen LogP contribution in [-0.2, 0) is 16.0 Å². The minimum Gasteiger partial charge on any atom is -0.481 e. The van der Waals surface area contributed by atoms with Crippen molar-refractivity contribution in [3.05, 3.63) is 58.6 Å². The van der Waals surface area contributed by atoms with E-state index in [1.165, 1.54) is 11.8 Å². The molecule has 2 rings (SSSR count). The second-order valence-corrected chi connectivity index (χ2v) is 6.20. The molecule has 0 bridgehead atoms. The summed E-state index contributed by atoms with van der Waals surface area (Å²) in [6.07, 6.45) is -0.0000596. The van der Waals surface area contributed by atoms with E-state index in [2.05, 4.69) is 0 Å². The van der Waals surface area contributed by atoms with Gasteiger partial charge < -0.3 is 9.84 Å². The average Bonchev–Trinajstić information content (AvgIpc) is 2.51. The second-order valence-electron chi connectivity index (χ2n) is 4.68. The summed E-state index contributed by atoms with van der Waals surface area (Å²) in [4.78, 5) is 24.1. The summed E-state index contributed by atoms with van der Waals surface area (Å²) >= 11 is 7.66. The fraction of sp³-hybridized carbons (Fsp3) is 0.176. The molecule has 120 valence electrons. The number of aliphatic carboxylic acids is 1. The molecular formula is C17H15ClO4S. The highest BCUT2D eigenvalue weighted by Crippen LogP contribution is 2.34. The van der Waals surface area contributed by atoms with Gasteiger partial charge in [0.05, 0.1) is 23.6 Å². The van der Waals surface area contributed by atoms with Crippen LogP contribution in [0.3, 0.4) is 0 Å². The van der Waals surface area contributed by atoms with E-state index in [-0.39, 0.29) is 6.42 Å². The summed E-state index contributed by atoms with van der Waals surface area (Å²) in [5.41, 5.74) is 1.16. The Labute approximate surface area is 143 Å². The van der Waals surface area contributed by atoms with Crippen LogP contribution < -0.4 is 0 Å². The van der Waals surface area contributed by atoms with Crippen LogP contribution in [-0.4, -0.2) is 23.7 Å². The zero-order chi connectivity index (χ0) is 16.8. The van der Waals surface area contributed by atoms with Crippen molar-refractivity contribution >= 4 is 35.3 Å². The number of halogens is 1. The molecule has 1 N–H and O–H groups in total. The van der Waals surface area contributed by atoms with Crippen molar-refractivity contribution in [2.75, 3.05) is 6.61 Å². The van der Waals surface area contributed by atoms with Gasteiger partial charge in [-0.3, -0.25) is 4.79 Å². The van der Waals surface area contributed by atoms with Crippen LogP contribution in [0.5, 0.6) is 0 Å². The van der Waals surface area contributed by atoms with Gasteiger partial charge in [0.2, 0.25) is 0 Å². The van der Waals surface area contributed by atoms with Gasteiger partial charge in [-0.15, -0.1) is 0 Å². The lowest BCUT2D eigenvalue weighted by atomic mass is 10.2. The molecule has 0 aliphatic heterocycles. The Kier molecular flexibility index (Phi) is 6.07. The maximum atomic E-state index is 11.7. The molecule has 2 aromatic rings. The topological polar surface area (TPSA) is 63.6 Å². The number of carbonyl (C=O) groups excluding carboxylic acids is 1. The van der Waals surface area contributed by atoms with E-state index >= 15 is 0 Å². The van der Waals surface area contributed by atoms with E-state index < -0.39 is 11.9 Å². The first kappa shape index (κ1) is 17.4. The molecule has 0 radical (unpaired) electrons. The maximum Gasteiger partial charge on any atom is 0.338 e. The Morgan fingerprint density at radius 3 is 2.43 bits per heavy atom. The first-order valence-electron chi connectivity index (χ1n) is 6.95. The molecule has 4 nitrogen and oxygen atoms in total. The van der Waals surface area contributed by atoms with Crippen molar-refractivity contribution in [1.82, 2.24) is 0 Å². The lowest BCUT2D eigenvalue weighted by Crippen LogP contribution is -2.04. The van der Waals surface area contributed by atoms with Gasteiger partial charge in [0, 0.05) is 9.79 Å². The number of ether oxygens (including phenoxy) is 1. The number of hydrogen-bond acceptors (Lipinski definition) is 4. The largest absolute Gasteiger partial charge is 0.481 e. The van der Waals surface area contributed by atoms with Crippen LogP contribution in [0, 0.1) is 0 Å². The third-order valence-corrected chi connectivity index (χ3v) is 4.46. The zero-order valence-electron chi connectivity index (χ0n) is 12.4. The highest BCUT2D eigenvalue weighted by Gasteiger charge is 2.10. The SMILES string of the molecule is CCOC(=O)c1ccc(Sc2ccc(CC(=O)O)cc2)c(Cl)c1. The van der Waals surface area contributed by atoms with Gasteiger partial charge in [-0.2, -0.15) is 0 Å². The summed E-state index contributed by atoms with van der Waals surface area (Å²) in [7, 11) is 0. The molecule has 0 heterocycles. The summed E-state index contributed by atoms with van der Waals surface area (Å²) in [5.74, 6) is -1.26. The fourth-order valence-corrected chi connectivity index (χ4v) is 3.02. The average molecular weight is 351 g/mol. The number of hydrogen-bond donors (Lipinski definition) is 1. The van der Waals surface area contributed by atoms with E-state index in [1.54, 1.807) is 37.3 Å². The second kappa shape index (κ2) is 8.04. The molecule has 0 atom stereocenters. The van der Waals surface area contributed by atoms with Crippen LogP contribution >= 0.6 is 23.4 Å². The molecule has 0 fully saturated rings. The minimum atomic E-state index is -0.858. The van der Waals surface area contributed by atoms with Crippen LogP contribution in [0.15, 0.2) is 52.3 Å². The van der Waals surface area contributed by atoms with Crippen molar-refractivity contribution in [3.63, 3.8) is 0 Å². The summed E-state index contributed by atoms with van der Waals surface area (Å²) in [5, 5.41) is 9.22. The van der Waals surface area contributed by atoms with Gasteiger partial charge in [0.15, 0.2) is 0 Å².